The van der Waals surface area contributed by atoms with E-state index >= 15 is 0 Å². The molecule has 0 amide bonds. The molecule has 3 aliphatic carbocycles. The van der Waals surface area contributed by atoms with Crippen molar-refractivity contribution in [2.45, 2.75) is 59.2 Å². The first kappa shape index (κ1) is 23.1. The third-order valence-electron chi connectivity index (χ3n) is 9.41. The number of furan rings is 1. The molecule has 7 atom stereocenters. The minimum Gasteiger partial charge on any atom is -0.472 e. The molecule has 34 heavy (non-hydrogen) atoms. The fraction of sp³-hybridized carbons (Fsp3) is 0.593. The number of cyclic esters (lactones) is 1. The molecule has 0 radical (unpaired) electrons. The van der Waals surface area contributed by atoms with Crippen LogP contribution in [0.5, 0.6) is 0 Å². The number of fused-ring (bicyclic) bond motifs is 6. The molecule has 0 spiro atoms. The highest BCUT2D eigenvalue weighted by Crippen LogP contribution is 2.67. The van der Waals surface area contributed by atoms with E-state index in [1.807, 2.05) is 32.9 Å². The van der Waals surface area contributed by atoms with Gasteiger partial charge in [-0.25, -0.2) is 4.79 Å². The van der Waals surface area contributed by atoms with E-state index in [0.29, 0.717) is 12.8 Å². The Kier molecular flexibility index (Phi) is 5.03. The third kappa shape index (κ3) is 2.88. The van der Waals surface area contributed by atoms with Crippen LogP contribution in [0.15, 0.2) is 46.3 Å². The quantitative estimate of drug-likeness (QED) is 0.671. The normalized spacial score (nSPS) is 40.4. The fourth-order valence-electron chi connectivity index (χ4n) is 7.48. The lowest BCUT2D eigenvalue weighted by Gasteiger charge is -2.62. The van der Waals surface area contributed by atoms with Gasteiger partial charge in [-0.1, -0.05) is 33.8 Å². The molecule has 7 unspecified atom stereocenters. The Labute approximate surface area is 199 Å². The lowest BCUT2D eigenvalue weighted by molar-refractivity contribution is -0.178. The summed E-state index contributed by atoms with van der Waals surface area (Å²) in [5, 5.41) is 11.4. The molecular weight excluding hydrogens is 436 g/mol. The SMILES string of the molecule is COC(=O)CC1C(C)(C)C(O)C2C=C3C4=CC(=O)OC(c5ccoc5)C4(C)CCC3C1(C)C2=O. The molecule has 7 nitrogen and oxygen atoms in total. The number of hydrogen-bond donors (Lipinski definition) is 1. The maximum atomic E-state index is 13.8. The Bertz CT molecular complexity index is 1110. The minimum atomic E-state index is -0.954. The van der Waals surface area contributed by atoms with Gasteiger partial charge in [0.2, 0.25) is 0 Å². The molecule has 1 aromatic heterocycles. The van der Waals surface area contributed by atoms with Gasteiger partial charge in [-0.3, -0.25) is 9.59 Å². The first-order valence-electron chi connectivity index (χ1n) is 11.9. The fourth-order valence-corrected chi connectivity index (χ4v) is 7.48. The topological polar surface area (TPSA) is 103 Å². The number of ether oxygens (including phenoxy) is 2. The van der Waals surface area contributed by atoms with Crippen LogP contribution in [0.2, 0.25) is 0 Å². The van der Waals surface area contributed by atoms with Gasteiger partial charge in [-0.15, -0.1) is 0 Å². The lowest BCUT2D eigenvalue weighted by atomic mass is 9.41. The predicted octanol–water partition coefficient (Wildman–Crippen LogP) is 3.93. The Hall–Kier alpha value is -2.67. The first-order valence-corrected chi connectivity index (χ1v) is 11.9. The molecule has 1 aliphatic heterocycles. The molecule has 2 heterocycles. The van der Waals surface area contributed by atoms with Crippen LogP contribution < -0.4 is 0 Å². The van der Waals surface area contributed by atoms with Crippen molar-refractivity contribution in [2.24, 2.45) is 34.0 Å². The number of ketones is 1. The van der Waals surface area contributed by atoms with E-state index in [1.165, 1.54) is 7.11 Å². The van der Waals surface area contributed by atoms with Gasteiger partial charge in [-0.05, 0) is 47.3 Å². The highest BCUT2D eigenvalue weighted by Gasteiger charge is 2.67. The molecule has 2 bridgehead atoms. The Morgan fingerprint density at radius 3 is 2.62 bits per heavy atom. The number of allylic oxidation sites excluding steroid dienone is 1. The van der Waals surface area contributed by atoms with Crippen molar-refractivity contribution in [1.82, 2.24) is 0 Å². The highest BCUT2D eigenvalue weighted by molar-refractivity contribution is 5.94. The molecule has 2 fully saturated rings. The van der Waals surface area contributed by atoms with Gasteiger partial charge in [0.1, 0.15) is 11.9 Å². The summed E-state index contributed by atoms with van der Waals surface area (Å²) in [4.78, 5) is 39.0. The van der Waals surface area contributed by atoms with Gasteiger partial charge < -0.3 is 19.0 Å². The number of rotatable bonds is 3. The van der Waals surface area contributed by atoms with Crippen molar-refractivity contribution in [3.05, 3.63) is 47.5 Å². The average Bonchev–Trinajstić information content (AvgIpc) is 3.32. The molecule has 4 aliphatic rings. The zero-order chi connectivity index (χ0) is 24.6. The van der Waals surface area contributed by atoms with Crippen LogP contribution in [0, 0.1) is 34.0 Å². The van der Waals surface area contributed by atoms with Gasteiger partial charge in [0.15, 0.2) is 0 Å². The largest absolute Gasteiger partial charge is 0.472 e. The number of esters is 2. The summed E-state index contributed by atoms with van der Waals surface area (Å²) >= 11 is 0. The zero-order valence-corrected chi connectivity index (χ0v) is 20.3. The number of carbonyl (C=O) groups excluding carboxylic acids is 3. The molecule has 0 aromatic carbocycles. The molecule has 5 rings (SSSR count). The molecule has 7 heteroatoms. The summed E-state index contributed by atoms with van der Waals surface area (Å²) in [6.45, 7) is 7.89. The van der Waals surface area contributed by atoms with E-state index < -0.39 is 52.2 Å². The maximum Gasteiger partial charge on any atom is 0.331 e. The van der Waals surface area contributed by atoms with Crippen molar-refractivity contribution in [1.29, 1.82) is 0 Å². The van der Waals surface area contributed by atoms with Crippen molar-refractivity contribution >= 4 is 17.7 Å². The van der Waals surface area contributed by atoms with E-state index in [2.05, 4.69) is 6.92 Å². The average molecular weight is 469 g/mol. The molecule has 0 saturated heterocycles. The van der Waals surface area contributed by atoms with E-state index in [-0.39, 0.29) is 18.1 Å². The van der Waals surface area contributed by atoms with Crippen LogP contribution in [0.4, 0.5) is 0 Å². The minimum absolute atomic E-state index is 0.0315. The summed E-state index contributed by atoms with van der Waals surface area (Å²) in [7, 11) is 1.34. The van der Waals surface area contributed by atoms with Crippen molar-refractivity contribution in [2.75, 3.05) is 7.11 Å². The van der Waals surface area contributed by atoms with Crippen LogP contribution in [0.3, 0.4) is 0 Å². The van der Waals surface area contributed by atoms with Crippen LogP contribution in [-0.4, -0.2) is 36.0 Å². The van der Waals surface area contributed by atoms with Gasteiger partial charge >= 0.3 is 11.9 Å². The molecule has 182 valence electrons. The van der Waals surface area contributed by atoms with Crippen LogP contribution in [0.25, 0.3) is 0 Å². The van der Waals surface area contributed by atoms with E-state index in [1.54, 1.807) is 18.6 Å². The van der Waals surface area contributed by atoms with E-state index in [9.17, 15) is 19.5 Å². The number of hydrogen-bond acceptors (Lipinski definition) is 7. The Balaban J connectivity index is 1.66. The summed E-state index contributed by atoms with van der Waals surface area (Å²) in [6.07, 6.45) is 6.61. The third-order valence-corrected chi connectivity index (χ3v) is 9.41. The number of Topliss-reactive ketones (excluding diaryl/α,β-unsaturated/α-hetero) is 1. The Morgan fingerprint density at radius 2 is 1.97 bits per heavy atom. The van der Waals surface area contributed by atoms with Gasteiger partial charge in [-0.2, -0.15) is 0 Å². The standard InChI is InChI=1S/C27H32O7/c1-25(2)19(12-20(28)32-5)27(4)17-6-8-26(3)18(15(17)10-16(22(25)30)23(27)31)11-21(29)34-24(26)14-7-9-33-13-14/h7,9-11,13,16-17,19,22,24,30H,6,8,12H2,1-5H3. The number of aliphatic hydroxyl groups is 1. The molecular formula is C27H32O7. The van der Waals surface area contributed by atoms with Crippen LogP contribution in [0.1, 0.15) is 58.6 Å². The van der Waals surface area contributed by atoms with Gasteiger partial charge in [0, 0.05) is 28.9 Å². The smallest absolute Gasteiger partial charge is 0.331 e. The summed E-state index contributed by atoms with van der Waals surface area (Å²) in [5.41, 5.74) is 0.533. The van der Waals surface area contributed by atoms with Crippen molar-refractivity contribution < 1.29 is 33.4 Å². The molecule has 2 saturated carbocycles. The maximum absolute atomic E-state index is 13.8. The summed E-state index contributed by atoms with van der Waals surface area (Å²) < 4.78 is 16.0. The van der Waals surface area contributed by atoms with E-state index in [0.717, 1.165) is 16.7 Å². The van der Waals surface area contributed by atoms with Gasteiger partial charge in [0.05, 0.1) is 31.7 Å². The number of carbonyl (C=O) groups is 3. The van der Waals surface area contributed by atoms with Crippen LogP contribution in [-0.2, 0) is 23.9 Å². The predicted molar refractivity (Wildman–Crippen MR) is 121 cm³/mol. The van der Waals surface area contributed by atoms with Crippen molar-refractivity contribution in [3.63, 3.8) is 0 Å². The first-order chi connectivity index (χ1) is 16.0. The Morgan fingerprint density at radius 1 is 1.24 bits per heavy atom. The second kappa shape index (κ2) is 7.41. The second-order valence-corrected chi connectivity index (χ2v) is 11.3. The number of methoxy groups -OCH3 is 1. The summed E-state index contributed by atoms with van der Waals surface area (Å²) in [6, 6.07) is 1.81. The second-order valence-electron chi connectivity index (χ2n) is 11.3. The van der Waals surface area contributed by atoms with Gasteiger partial charge in [0.25, 0.3) is 0 Å². The van der Waals surface area contributed by atoms with Crippen molar-refractivity contribution in [3.8, 4) is 0 Å². The summed E-state index contributed by atoms with van der Waals surface area (Å²) in [5.74, 6) is -2.14. The number of aliphatic hydroxyl groups excluding tert-OH is 1. The lowest BCUT2D eigenvalue weighted by Crippen LogP contribution is -2.65. The monoisotopic (exact) mass is 468 g/mol. The van der Waals surface area contributed by atoms with Crippen LogP contribution >= 0.6 is 0 Å². The molecule has 1 N–H and O–H groups in total. The highest BCUT2D eigenvalue weighted by atomic mass is 16.5. The zero-order valence-electron chi connectivity index (χ0n) is 20.3. The van der Waals surface area contributed by atoms with E-state index in [4.69, 9.17) is 13.9 Å². The molecule has 1 aromatic rings.